The summed E-state index contributed by atoms with van der Waals surface area (Å²) < 4.78 is 39.2. The van der Waals surface area contributed by atoms with Gasteiger partial charge >= 0.3 is 18.0 Å². The fraction of sp³-hybridized carbons (Fsp3) is 0.579. The van der Waals surface area contributed by atoms with E-state index in [1.165, 1.54) is 17.0 Å². The largest absolute Gasteiger partial charge is 0.416 e. The van der Waals surface area contributed by atoms with Crippen LogP contribution in [0, 0.1) is 5.92 Å². The van der Waals surface area contributed by atoms with Crippen LogP contribution in [0.4, 0.5) is 13.2 Å². The van der Waals surface area contributed by atoms with Crippen molar-refractivity contribution in [2.45, 2.75) is 51.7 Å². The zero-order valence-electron chi connectivity index (χ0n) is 15.1. The third-order valence-corrected chi connectivity index (χ3v) is 4.56. The third-order valence-electron chi connectivity index (χ3n) is 4.56. The van der Waals surface area contributed by atoms with Gasteiger partial charge in [-0.1, -0.05) is 18.2 Å². The minimum atomic E-state index is -4.36. The van der Waals surface area contributed by atoms with Gasteiger partial charge in [0, 0.05) is 19.1 Å². The van der Waals surface area contributed by atoms with Gasteiger partial charge in [-0.25, -0.2) is 0 Å². The number of likely N-dealkylation sites (tertiary alicyclic amines) is 1. The topological polar surface area (TPSA) is 49.4 Å². The van der Waals surface area contributed by atoms with Crippen LogP contribution in [0.25, 0.3) is 0 Å². The van der Waals surface area contributed by atoms with Crippen LogP contribution in [0.15, 0.2) is 24.3 Å². The van der Waals surface area contributed by atoms with Crippen molar-refractivity contribution >= 4 is 11.8 Å². The van der Waals surface area contributed by atoms with Crippen molar-refractivity contribution in [3.8, 4) is 0 Å². The zero-order valence-corrected chi connectivity index (χ0v) is 15.1. The molecule has 1 aromatic rings. The summed E-state index contributed by atoms with van der Waals surface area (Å²) in [6.07, 6.45) is -1.89. The summed E-state index contributed by atoms with van der Waals surface area (Å²) in [7, 11) is 0. The van der Waals surface area contributed by atoms with E-state index in [2.05, 4.69) is 5.32 Å². The molecular formula is C19H25F3N2O2. The maximum Gasteiger partial charge on any atom is 0.416 e. The highest BCUT2D eigenvalue weighted by molar-refractivity contribution is 6.35. The standard InChI is InChI=1S/C19H25F3N2O2/c1-13(2)23-17(25)18(26)24-11-5-6-14(12-24)9-10-15-7-3-4-8-16(15)19(20,21)22/h3-4,7-8,13-14H,5-6,9-12H2,1-2H3,(H,23,25)/t14-/m0/s1. The highest BCUT2D eigenvalue weighted by Crippen LogP contribution is 2.33. The molecule has 2 rings (SSSR count). The van der Waals surface area contributed by atoms with Crippen molar-refractivity contribution in [3.63, 3.8) is 0 Å². The number of alkyl halides is 3. The smallest absolute Gasteiger partial charge is 0.346 e. The Morgan fingerprint density at radius 3 is 2.62 bits per heavy atom. The minimum Gasteiger partial charge on any atom is -0.346 e. The fourth-order valence-corrected chi connectivity index (χ4v) is 3.33. The Morgan fingerprint density at radius 2 is 1.96 bits per heavy atom. The van der Waals surface area contributed by atoms with Crippen LogP contribution in [-0.4, -0.2) is 35.8 Å². The first-order chi connectivity index (χ1) is 12.2. The highest BCUT2D eigenvalue weighted by Gasteiger charge is 2.33. The quantitative estimate of drug-likeness (QED) is 0.826. The van der Waals surface area contributed by atoms with E-state index in [-0.39, 0.29) is 17.5 Å². The number of piperidine rings is 1. The number of amides is 2. The molecule has 1 saturated heterocycles. The number of hydrogen-bond donors (Lipinski definition) is 1. The molecule has 7 heteroatoms. The molecule has 1 fully saturated rings. The van der Waals surface area contributed by atoms with Crippen LogP contribution < -0.4 is 5.32 Å². The molecule has 4 nitrogen and oxygen atoms in total. The number of halogens is 3. The number of benzene rings is 1. The van der Waals surface area contributed by atoms with Crippen molar-refractivity contribution < 1.29 is 22.8 Å². The molecule has 0 unspecified atom stereocenters. The van der Waals surface area contributed by atoms with Gasteiger partial charge in [-0.2, -0.15) is 13.2 Å². The predicted octanol–water partition coefficient (Wildman–Crippen LogP) is 3.40. The first kappa shape index (κ1) is 20.3. The number of nitrogens with one attached hydrogen (secondary N) is 1. The maximum atomic E-state index is 13.1. The summed E-state index contributed by atoms with van der Waals surface area (Å²) in [6.45, 7) is 4.49. The van der Waals surface area contributed by atoms with E-state index in [1.807, 2.05) is 0 Å². The number of aryl methyl sites for hydroxylation is 1. The van der Waals surface area contributed by atoms with Gasteiger partial charge in [0.15, 0.2) is 0 Å². The molecule has 0 saturated carbocycles. The molecule has 0 aliphatic carbocycles. The zero-order chi connectivity index (χ0) is 19.3. The molecule has 1 aliphatic rings. The number of carbonyl (C=O) groups excluding carboxylic acids is 2. The molecule has 0 aromatic heterocycles. The molecule has 26 heavy (non-hydrogen) atoms. The van der Waals surface area contributed by atoms with Gasteiger partial charge in [0.05, 0.1) is 5.56 Å². The molecule has 1 heterocycles. The lowest BCUT2D eigenvalue weighted by Gasteiger charge is -2.32. The number of hydrogen-bond acceptors (Lipinski definition) is 2. The van der Waals surface area contributed by atoms with E-state index >= 15 is 0 Å². The lowest BCUT2D eigenvalue weighted by atomic mass is 9.90. The average Bonchev–Trinajstić information content (AvgIpc) is 2.58. The number of carbonyl (C=O) groups is 2. The monoisotopic (exact) mass is 370 g/mol. The van der Waals surface area contributed by atoms with Crippen LogP contribution in [0.5, 0.6) is 0 Å². The summed E-state index contributed by atoms with van der Waals surface area (Å²) in [5, 5.41) is 2.58. The van der Waals surface area contributed by atoms with E-state index in [0.717, 1.165) is 18.9 Å². The van der Waals surface area contributed by atoms with E-state index in [0.29, 0.717) is 25.9 Å². The lowest BCUT2D eigenvalue weighted by molar-refractivity contribution is -0.147. The first-order valence-corrected chi connectivity index (χ1v) is 8.93. The Hall–Kier alpha value is -2.05. The summed E-state index contributed by atoms with van der Waals surface area (Å²) in [5.41, 5.74) is -0.318. The van der Waals surface area contributed by atoms with Crippen LogP contribution >= 0.6 is 0 Å². The number of rotatable bonds is 4. The van der Waals surface area contributed by atoms with Gasteiger partial charge in [-0.3, -0.25) is 9.59 Å². The predicted molar refractivity (Wildman–Crippen MR) is 92.3 cm³/mol. The van der Waals surface area contributed by atoms with Gasteiger partial charge in [0.2, 0.25) is 0 Å². The van der Waals surface area contributed by atoms with E-state index < -0.39 is 23.6 Å². The second-order valence-corrected chi connectivity index (χ2v) is 7.08. The molecule has 1 aromatic carbocycles. The third kappa shape index (κ3) is 5.47. The summed E-state index contributed by atoms with van der Waals surface area (Å²) in [6, 6.07) is 5.48. The second-order valence-electron chi connectivity index (χ2n) is 7.08. The molecule has 0 spiro atoms. The van der Waals surface area contributed by atoms with Gasteiger partial charge in [0.25, 0.3) is 0 Å². The highest BCUT2D eigenvalue weighted by atomic mass is 19.4. The molecule has 1 atom stereocenters. The van der Waals surface area contributed by atoms with Crippen molar-refractivity contribution in [1.29, 1.82) is 0 Å². The average molecular weight is 370 g/mol. The normalized spacial score (nSPS) is 18.1. The van der Waals surface area contributed by atoms with E-state index in [4.69, 9.17) is 0 Å². The summed E-state index contributed by atoms with van der Waals surface area (Å²) in [5.74, 6) is -1.08. The molecule has 0 bridgehead atoms. The fourth-order valence-electron chi connectivity index (χ4n) is 3.33. The van der Waals surface area contributed by atoms with Crippen LogP contribution in [0.2, 0.25) is 0 Å². The van der Waals surface area contributed by atoms with Crippen molar-refractivity contribution in [2.24, 2.45) is 5.92 Å². The Morgan fingerprint density at radius 1 is 1.27 bits per heavy atom. The maximum absolute atomic E-state index is 13.1. The van der Waals surface area contributed by atoms with Crippen LogP contribution in [0.1, 0.15) is 44.2 Å². The van der Waals surface area contributed by atoms with E-state index in [9.17, 15) is 22.8 Å². The first-order valence-electron chi connectivity index (χ1n) is 8.93. The van der Waals surface area contributed by atoms with Gasteiger partial charge < -0.3 is 10.2 Å². The molecule has 1 N–H and O–H groups in total. The van der Waals surface area contributed by atoms with E-state index in [1.54, 1.807) is 19.9 Å². The molecular weight excluding hydrogens is 345 g/mol. The lowest BCUT2D eigenvalue weighted by Crippen LogP contribution is -2.48. The second kappa shape index (κ2) is 8.56. The summed E-state index contributed by atoms with van der Waals surface area (Å²) >= 11 is 0. The van der Waals surface area contributed by atoms with Crippen LogP contribution in [-0.2, 0) is 22.2 Å². The molecule has 144 valence electrons. The molecule has 0 radical (unpaired) electrons. The van der Waals surface area contributed by atoms with Crippen molar-refractivity contribution in [1.82, 2.24) is 10.2 Å². The van der Waals surface area contributed by atoms with Crippen molar-refractivity contribution in [2.75, 3.05) is 13.1 Å². The van der Waals surface area contributed by atoms with Gasteiger partial charge in [-0.15, -0.1) is 0 Å². The van der Waals surface area contributed by atoms with Crippen LogP contribution in [0.3, 0.4) is 0 Å². The number of nitrogens with zero attached hydrogens (tertiary/aromatic N) is 1. The Kier molecular flexibility index (Phi) is 6.67. The SMILES string of the molecule is CC(C)NC(=O)C(=O)N1CCC[C@@H](CCc2ccccc2C(F)(F)F)C1. The summed E-state index contributed by atoms with van der Waals surface area (Å²) in [4.78, 5) is 25.6. The van der Waals surface area contributed by atoms with Gasteiger partial charge in [-0.05, 0) is 57.1 Å². The molecule has 2 amide bonds. The minimum absolute atomic E-state index is 0.0980. The van der Waals surface area contributed by atoms with Gasteiger partial charge in [0.1, 0.15) is 0 Å². The molecule has 1 aliphatic heterocycles. The van der Waals surface area contributed by atoms with Crippen molar-refractivity contribution in [3.05, 3.63) is 35.4 Å². The Labute approximate surface area is 151 Å². The Bertz CT molecular complexity index is 644. The Balaban J connectivity index is 1.95.